The molecule has 128 valence electrons. The lowest BCUT2D eigenvalue weighted by Gasteiger charge is -2.24. The summed E-state index contributed by atoms with van der Waals surface area (Å²) in [5.41, 5.74) is 5.36. The van der Waals surface area contributed by atoms with Crippen molar-refractivity contribution in [3.05, 3.63) is 58.7 Å². The highest BCUT2D eigenvalue weighted by atomic mass is 16.5. The Morgan fingerprint density at radius 2 is 1.88 bits per heavy atom. The summed E-state index contributed by atoms with van der Waals surface area (Å²) in [6.45, 7) is 9.15. The standard InChI is InChI=1S/C20H26N2O2/c1-6-22(20(23)21-5)18-9-7-8-15(3)17(18)13-24-19-11-10-14(2)12-16(19)4/h7-12H,6,13H2,1-5H3,(H,21,23). The Bertz CT molecular complexity index is 726. The van der Waals surface area contributed by atoms with Gasteiger partial charge in [-0.15, -0.1) is 0 Å². The Balaban J connectivity index is 2.31. The highest BCUT2D eigenvalue weighted by molar-refractivity contribution is 5.92. The third kappa shape index (κ3) is 3.88. The van der Waals surface area contributed by atoms with Gasteiger partial charge in [-0.05, 0) is 51.0 Å². The first kappa shape index (κ1) is 17.9. The number of rotatable bonds is 5. The number of carbonyl (C=O) groups is 1. The fourth-order valence-corrected chi connectivity index (χ4v) is 2.80. The Labute approximate surface area is 144 Å². The van der Waals surface area contributed by atoms with Crippen molar-refractivity contribution in [3.8, 4) is 5.75 Å². The summed E-state index contributed by atoms with van der Waals surface area (Å²) in [6, 6.07) is 12.0. The van der Waals surface area contributed by atoms with Crippen molar-refractivity contribution < 1.29 is 9.53 Å². The van der Waals surface area contributed by atoms with Crippen LogP contribution in [0.5, 0.6) is 5.75 Å². The number of carbonyl (C=O) groups excluding carboxylic acids is 1. The van der Waals surface area contributed by atoms with Crippen molar-refractivity contribution in [2.24, 2.45) is 0 Å². The predicted molar refractivity (Wildman–Crippen MR) is 98.9 cm³/mol. The van der Waals surface area contributed by atoms with Gasteiger partial charge in [-0.2, -0.15) is 0 Å². The van der Waals surface area contributed by atoms with Crippen LogP contribution < -0.4 is 15.0 Å². The number of nitrogens with one attached hydrogen (secondary N) is 1. The van der Waals surface area contributed by atoms with Crippen LogP contribution in [0.4, 0.5) is 10.5 Å². The smallest absolute Gasteiger partial charge is 0.321 e. The minimum Gasteiger partial charge on any atom is -0.489 e. The van der Waals surface area contributed by atoms with Crippen molar-refractivity contribution in [2.75, 3.05) is 18.5 Å². The summed E-state index contributed by atoms with van der Waals surface area (Å²) in [4.78, 5) is 13.9. The molecule has 0 heterocycles. The number of urea groups is 1. The molecule has 2 aromatic rings. The van der Waals surface area contributed by atoms with Crippen LogP contribution in [0.2, 0.25) is 0 Å². The van der Waals surface area contributed by atoms with E-state index in [1.54, 1.807) is 11.9 Å². The van der Waals surface area contributed by atoms with E-state index in [0.29, 0.717) is 13.2 Å². The lowest BCUT2D eigenvalue weighted by Crippen LogP contribution is -2.38. The molecule has 24 heavy (non-hydrogen) atoms. The maximum absolute atomic E-state index is 12.1. The van der Waals surface area contributed by atoms with Crippen LogP contribution >= 0.6 is 0 Å². The molecule has 0 atom stereocenters. The van der Waals surface area contributed by atoms with Gasteiger partial charge >= 0.3 is 6.03 Å². The molecule has 0 aliphatic rings. The lowest BCUT2D eigenvalue weighted by atomic mass is 10.1. The van der Waals surface area contributed by atoms with Gasteiger partial charge in [0.05, 0.1) is 5.69 Å². The first-order valence-corrected chi connectivity index (χ1v) is 8.25. The van der Waals surface area contributed by atoms with E-state index < -0.39 is 0 Å². The number of ether oxygens (including phenoxy) is 1. The van der Waals surface area contributed by atoms with Gasteiger partial charge in [-0.1, -0.05) is 29.8 Å². The SMILES string of the molecule is CCN(C(=O)NC)c1cccc(C)c1COc1ccc(C)cc1C. The fourth-order valence-electron chi connectivity index (χ4n) is 2.80. The van der Waals surface area contributed by atoms with Crippen molar-refractivity contribution in [1.82, 2.24) is 5.32 Å². The molecule has 0 aliphatic carbocycles. The van der Waals surface area contributed by atoms with E-state index in [4.69, 9.17) is 4.74 Å². The summed E-state index contributed by atoms with van der Waals surface area (Å²) in [5, 5.41) is 2.70. The van der Waals surface area contributed by atoms with Crippen LogP contribution in [0.3, 0.4) is 0 Å². The third-order valence-corrected chi connectivity index (χ3v) is 4.15. The molecule has 2 rings (SSSR count). The van der Waals surface area contributed by atoms with Gasteiger partial charge in [-0.3, -0.25) is 4.90 Å². The third-order valence-electron chi connectivity index (χ3n) is 4.15. The molecule has 0 fully saturated rings. The average molecular weight is 326 g/mol. The highest BCUT2D eigenvalue weighted by Gasteiger charge is 2.17. The molecule has 0 aliphatic heterocycles. The number of aryl methyl sites for hydroxylation is 3. The van der Waals surface area contributed by atoms with Gasteiger partial charge in [0.2, 0.25) is 0 Å². The van der Waals surface area contributed by atoms with E-state index in [1.165, 1.54) is 5.56 Å². The zero-order chi connectivity index (χ0) is 17.7. The van der Waals surface area contributed by atoms with Crippen LogP contribution in [-0.4, -0.2) is 19.6 Å². The Kier molecular flexibility index (Phi) is 5.85. The summed E-state index contributed by atoms with van der Waals surface area (Å²) >= 11 is 0. The van der Waals surface area contributed by atoms with Crippen LogP contribution in [0.15, 0.2) is 36.4 Å². The number of hydrogen-bond donors (Lipinski definition) is 1. The van der Waals surface area contributed by atoms with E-state index in [9.17, 15) is 4.79 Å². The van der Waals surface area contributed by atoms with Gasteiger partial charge in [0.1, 0.15) is 12.4 Å². The molecular weight excluding hydrogens is 300 g/mol. The second kappa shape index (κ2) is 7.86. The molecule has 0 radical (unpaired) electrons. The number of benzene rings is 2. The molecule has 4 nitrogen and oxygen atoms in total. The summed E-state index contributed by atoms with van der Waals surface area (Å²) in [5.74, 6) is 0.873. The molecule has 0 spiro atoms. The molecule has 4 heteroatoms. The monoisotopic (exact) mass is 326 g/mol. The van der Waals surface area contributed by atoms with Gasteiger partial charge in [-0.25, -0.2) is 4.79 Å². The summed E-state index contributed by atoms with van der Waals surface area (Å²) in [6.07, 6.45) is 0. The maximum Gasteiger partial charge on any atom is 0.321 e. The van der Waals surface area contributed by atoms with Crippen LogP contribution in [0.1, 0.15) is 29.2 Å². The van der Waals surface area contributed by atoms with E-state index in [-0.39, 0.29) is 6.03 Å². The van der Waals surface area contributed by atoms with Crippen LogP contribution in [0.25, 0.3) is 0 Å². The van der Waals surface area contributed by atoms with Crippen molar-refractivity contribution in [2.45, 2.75) is 34.3 Å². The van der Waals surface area contributed by atoms with Gasteiger partial charge in [0.25, 0.3) is 0 Å². The molecule has 0 saturated carbocycles. The largest absolute Gasteiger partial charge is 0.489 e. The van der Waals surface area contributed by atoms with Crippen LogP contribution in [0, 0.1) is 20.8 Å². The van der Waals surface area contributed by atoms with Crippen molar-refractivity contribution >= 4 is 11.7 Å². The molecule has 0 aromatic heterocycles. The van der Waals surface area contributed by atoms with Crippen molar-refractivity contribution in [3.63, 3.8) is 0 Å². The Hall–Kier alpha value is -2.49. The number of anilines is 1. The predicted octanol–water partition coefficient (Wildman–Crippen LogP) is 4.36. The zero-order valence-electron chi connectivity index (χ0n) is 15.1. The molecule has 2 aromatic carbocycles. The molecule has 0 saturated heterocycles. The normalized spacial score (nSPS) is 10.4. The summed E-state index contributed by atoms with van der Waals surface area (Å²) in [7, 11) is 1.65. The maximum atomic E-state index is 12.1. The second-order valence-electron chi connectivity index (χ2n) is 5.93. The Morgan fingerprint density at radius 3 is 2.50 bits per heavy atom. The van der Waals surface area contributed by atoms with E-state index in [1.807, 2.05) is 51.1 Å². The molecule has 2 amide bonds. The van der Waals surface area contributed by atoms with Gasteiger partial charge in [0, 0.05) is 19.2 Å². The average Bonchev–Trinajstić information content (AvgIpc) is 2.56. The number of hydrogen-bond acceptors (Lipinski definition) is 2. The first-order valence-electron chi connectivity index (χ1n) is 8.25. The number of nitrogens with zero attached hydrogens (tertiary/aromatic N) is 1. The van der Waals surface area contributed by atoms with Crippen LogP contribution in [-0.2, 0) is 6.61 Å². The molecule has 0 unspecified atom stereocenters. The molecule has 0 bridgehead atoms. The number of amides is 2. The highest BCUT2D eigenvalue weighted by Crippen LogP contribution is 2.27. The van der Waals surface area contributed by atoms with Crippen molar-refractivity contribution in [1.29, 1.82) is 0 Å². The van der Waals surface area contributed by atoms with Gasteiger partial charge in [0.15, 0.2) is 0 Å². The topological polar surface area (TPSA) is 41.6 Å². The Morgan fingerprint density at radius 1 is 1.12 bits per heavy atom. The summed E-state index contributed by atoms with van der Waals surface area (Å²) < 4.78 is 6.05. The lowest BCUT2D eigenvalue weighted by molar-refractivity contribution is 0.248. The van der Waals surface area contributed by atoms with E-state index >= 15 is 0 Å². The van der Waals surface area contributed by atoms with E-state index in [2.05, 4.69) is 18.3 Å². The zero-order valence-corrected chi connectivity index (χ0v) is 15.1. The fraction of sp³-hybridized carbons (Fsp3) is 0.350. The minimum atomic E-state index is -0.115. The quantitative estimate of drug-likeness (QED) is 0.887. The van der Waals surface area contributed by atoms with E-state index in [0.717, 1.165) is 28.1 Å². The van der Waals surface area contributed by atoms with Gasteiger partial charge < -0.3 is 10.1 Å². The molecular formula is C20H26N2O2. The second-order valence-corrected chi connectivity index (χ2v) is 5.93. The molecule has 1 N–H and O–H groups in total. The first-order chi connectivity index (χ1) is 11.5. The minimum absolute atomic E-state index is 0.115.